The third-order valence-electron chi connectivity index (χ3n) is 4.25. The van der Waals surface area contributed by atoms with Crippen LogP contribution >= 0.6 is 11.5 Å². The first-order valence-corrected chi connectivity index (χ1v) is 9.83. The van der Waals surface area contributed by atoms with Gasteiger partial charge in [-0.05, 0) is 42.6 Å². The molecule has 1 amide bonds. The standard InChI is InChI=1S/C21H21N3O4S/c1-4-15-19(29-24-23-15)21(26)28-18(14-8-6-5-7-9-14)20(25)22-16-12-13(2)10-11-17(16)27-3/h5-12,18H,4H2,1-3H3,(H,22,25)/t18-/m1/s1. The van der Waals surface area contributed by atoms with Crippen molar-refractivity contribution in [3.8, 4) is 5.75 Å². The van der Waals surface area contributed by atoms with Crippen LogP contribution in [0.25, 0.3) is 0 Å². The maximum Gasteiger partial charge on any atom is 0.353 e. The van der Waals surface area contributed by atoms with Gasteiger partial charge in [0, 0.05) is 5.56 Å². The van der Waals surface area contributed by atoms with E-state index in [-0.39, 0.29) is 0 Å². The number of nitrogens with one attached hydrogen (secondary N) is 1. The van der Waals surface area contributed by atoms with Crippen molar-refractivity contribution < 1.29 is 19.1 Å². The van der Waals surface area contributed by atoms with Crippen LogP contribution < -0.4 is 10.1 Å². The number of hydrogen-bond donors (Lipinski definition) is 1. The summed E-state index contributed by atoms with van der Waals surface area (Å²) in [5, 5.41) is 6.74. The Kier molecular flexibility index (Phi) is 6.56. The molecule has 3 aromatic rings. The van der Waals surface area contributed by atoms with Gasteiger partial charge in [0.05, 0.1) is 18.5 Å². The molecule has 0 saturated carbocycles. The molecule has 7 nitrogen and oxygen atoms in total. The van der Waals surface area contributed by atoms with Crippen molar-refractivity contribution >= 4 is 29.1 Å². The number of carbonyl (C=O) groups is 2. The number of carbonyl (C=O) groups excluding carboxylic acids is 2. The van der Waals surface area contributed by atoms with Gasteiger partial charge in [-0.3, -0.25) is 4.79 Å². The van der Waals surface area contributed by atoms with E-state index in [0.29, 0.717) is 34.0 Å². The van der Waals surface area contributed by atoms with Crippen molar-refractivity contribution in [2.24, 2.45) is 0 Å². The Morgan fingerprint density at radius 1 is 1.17 bits per heavy atom. The molecule has 0 unspecified atom stereocenters. The van der Waals surface area contributed by atoms with E-state index in [1.807, 2.05) is 26.0 Å². The summed E-state index contributed by atoms with van der Waals surface area (Å²) < 4.78 is 14.7. The maximum atomic E-state index is 13.1. The highest BCUT2D eigenvalue weighted by atomic mass is 32.1. The van der Waals surface area contributed by atoms with Crippen LogP contribution in [0.5, 0.6) is 5.75 Å². The molecule has 0 saturated heterocycles. The van der Waals surface area contributed by atoms with Gasteiger partial charge in [-0.25, -0.2) is 4.79 Å². The van der Waals surface area contributed by atoms with E-state index in [0.717, 1.165) is 17.1 Å². The highest BCUT2D eigenvalue weighted by Crippen LogP contribution is 2.28. The van der Waals surface area contributed by atoms with Gasteiger partial charge in [-0.2, -0.15) is 0 Å². The molecular weight excluding hydrogens is 390 g/mol. The number of aryl methyl sites for hydroxylation is 2. The molecule has 3 rings (SSSR count). The summed E-state index contributed by atoms with van der Waals surface area (Å²) in [6, 6.07) is 14.3. The van der Waals surface area contributed by atoms with Crippen molar-refractivity contribution in [3.05, 3.63) is 70.2 Å². The number of ether oxygens (including phenoxy) is 2. The minimum atomic E-state index is -1.14. The Hall–Kier alpha value is -3.26. The fourth-order valence-electron chi connectivity index (χ4n) is 2.77. The molecule has 0 radical (unpaired) electrons. The molecule has 2 aromatic carbocycles. The summed E-state index contributed by atoms with van der Waals surface area (Å²) >= 11 is 0.956. The quantitative estimate of drug-likeness (QED) is 0.592. The molecule has 1 atom stereocenters. The fourth-order valence-corrected chi connectivity index (χ4v) is 3.41. The lowest BCUT2D eigenvalue weighted by molar-refractivity contribution is -0.125. The number of aromatic nitrogens is 2. The van der Waals surface area contributed by atoms with Crippen molar-refractivity contribution in [1.29, 1.82) is 0 Å². The van der Waals surface area contributed by atoms with E-state index in [2.05, 4.69) is 14.9 Å². The van der Waals surface area contributed by atoms with Crippen LogP contribution in [0.4, 0.5) is 5.69 Å². The molecule has 0 aliphatic carbocycles. The van der Waals surface area contributed by atoms with Crippen LogP contribution in [0.1, 0.15) is 39.5 Å². The van der Waals surface area contributed by atoms with Gasteiger partial charge in [0.25, 0.3) is 5.91 Å². The van der Waals surface area contributed by atoms with E-state index in [1.165, 1.54) is 7.11 Å². The number of amides is 1. The molecule has 1 heterocycles. The zero-order valence-corrected chi connectivity index (χ0v) is 17.2. The number of benzene rings is 2. The zero-order chi connectivity index (χ0) is 20.8. The van der Waals surface area contributed by atoms with E-state index in [1.54, 1.807) is 36.4 Å². The van der Waals surface area contributed by atoms with Crippen LogP contribution in [0.2, 0.25) is 0 Å². The number of methoxy groups -OCH3 is 1. The molecule has 29 heavy (non-hydrogen) atoms. The third kappa shape index (κ3) is 4.78. The van der Waals surface area contributed by atoms with E-state index in [9.17, 15) is 9.59 Å². The summed E-state index contributed by atoms with van der Waals surface area (Å²) in [5.41, 5.74) is 2.56. The number of esters is 1. The van der Waals surface area contributed by atoms with Crippen molar-refractivity contribution in [2.75, 3.05) is 12.4 Å². The smallest absolute Gasteiger partial charge is 0.353 e. The largest absolute Gasteiger partial charge is 0.495 e. The lowest BCUT2D eigenvalue weighted by Crippen LogP contribution is -2.26. The first-order valence-electron chi connectivity index (χ1n) is 9.06. The van der Waals surface area contributed by atoms with Gasteiger partial charge in [0.2, 0.25) is 6.10 Å². The van der Waals surface area contributed by atoms with E-state index in [4.69, 9.17) is 9.47 Å². The van der Waals surface area contributed by atoms with Gasteiger partial charge in [-0.15, -0.1) is 5.10 Å². The normalized spacial score (nSPS) is 11.6. The first-order chi connectivity index (χ1) is 14.0. The summed E-state index contributed by atoms with van der Waals surface area (Å²) in [7, 11) is 1.53. The lowest BCUT2D eigenvalue weighted by atomic mass is 10.1. The maximum absolute atomic E-state index is 13.1. The van der Waals surface area contributed by atoms with Gasteiger partial charge in [0.15, 0.2) is 4.88 Å². The molecule has 1 aromatic heterocycles. The molecule has 0 spiro atoms. The Morgan fingerprint density at radius 2 is 1.93 bits per heavy atom. The minimum absolute atomic E-state index is 0.300. The second-order valence-electron chi connectivity index (χ2n) is 6.29. The summed E-state index contributed by atoms with van der Waals surface area (Å²) in [6.07, 6.45) is -0.593. The van der Waals surface area contributed by atoms with Crippen LogP contribution in [-0.4, -0.2) is 28.6 Å². The van der Waals surface area contributed by atoms with Crippen molar-refractivity contribution in [1.82, 2.24) is 9.59 Å². The van der Waals surface area contributed by atoms with Gasteiger partial charge >= 0.3 is 5.97 Å². The zero-order valence-electron chi connectivity index (χ0n) is 16.3. The number of anilines is 1. The van der Waals surface area contributed by atoms with E-state index < -0.39 is 18.0 Å². The number of hydrogen-bond acceptors (Lipinski definition) is 7. The van der Waals surface area contributed by atoms with E-state index >= 15 is 0 Å². The summed E-state index contributed by atoms with van der Waals surface area (Å²) in [6.45, 7) is 3.78. The highest BCUT2D eigenvalue weighted by Gasteiger charge is 2.28. The fraction of sp³-hybridized carbons (Fsp3) is 0.238. The number of nitrogens with zero attached hydrogens (tertiary/aromatic N) is 2. The van der Waals surface area contributed by atoms with Crippen molar-refractivity contribution in [2.45, 2.75) is 26.4 Å². The first kappa shape index (κ1) is 20.5. The Morgan fingerprint density at radius 3 is 2.62 bits per heavy atom. The Labute approximate surface area is 172 Å². The average Bonchev–Trinajstić information content (AvgIpc) is 3.21. The molecule has 1 N–H and O–H groups in total. The Balaban J connectivity index is 1.89. The molecular formula is C21H21N3O4S. The number of rotatable bonds is 7. The SMILES string of the molecule is CCc1nnsc1C(=O)O[C@@H](C(=O)Nc1cc(C)ccc1OC)c1ccccc1. The second-order valence-corrected chi connectivity index (χ2v) is 7.05. The predicted molar refractivity (Wildman–Crippen MR) is 110 cm³/mol. The summed E-state index contributed by atoms with van der Waals surface area (Å²) in [5.74, 6) is -0.594. The lowest BCUT2D eigenvalue weighted by Gasteiger charge is -2.19. The van der Waals surface area contributed by atoms with Gasteiger partial charge in [0.1, 0.15) is 5.75 Å². The molecule has 150 valence electrons. The molecule has 0 aliphatic heterocycles. The third-order valence-corrected chi connectivity index (χ3v) is 5.00. The average molecular weight is 411 g/mol. The van der Waals surface area contributed by atoms with Crippen LogP contribution in [-0.2, 0) is 16.0 Å². The molecule has 0 aliphatic rings. The topological polar surface area (TPSA) is 90.4 Å². The second kappa shape index (κ2) is 9.29. The Bertz CT molecular complexity index is 1000. The predicted octanol–water partition coefficient (Wildman–Crippen LogP) is 3.95. The molecule has 8 heteroatoms. The minimum Gasteiger partial charge on any atom is -0.495 e. The van der Waals surface area contributed by atoms with Gasteiger partial charge < -0.3 is 14.8 Å². The molecule has 0 fully saturated rings. The van der Waals surface area contributed by atoms with Gasteiger partial charge in [-0.1, -0.05) is 47.8 Å². The summed E-state index contributed by atoms with van der Waals surface area (Å²) in [4.78, 5) is 26.1. The highest BCUT2D eigenvalue weighted by molar-refractivity contribution is 7.07. The molecule has 0 bridgehead atoms. The van der Waals surface area contributed by atoms with Crippen LogP contribution in [0.15, 0.2) is 48.5 Å². The monoisotopic (exact) mass is 411 g/mol. The van der Waals surface area contributed by atoms with Crippen LogP contribution in [0.3, 0.4) is 0 Å². The van der Waals surface area contributed by atoms with Crippen LogP contribution in [0, 0.1) is 6.92 Å². The van der Waals surface area contributed by atoms with Crippen molar-refractivity contribution in [3.63, 3.8) is 0 Å².